The van der Waals surface area contributed by atoms with Crippen LogP contribution in [0.5, 0.6) is 0 Å². The van der Waals surface area contributed by atoms with Gasteiger partial charge < -0.3 is 9.79 Å². The van der Waals surface area contributed by atoms with Gasteiger partial charge in [-0.1, -0.05) is 61.8 Å². The second kappa shape index (κ2) is 17.1. The van der Waals surface area contributed by atoms with Gasteiger partial charge in [-0.2, -0.15) is 0 Å². The fraction of sp³-hybridized carbons (Fsp3) is 1.00. The maximum atomic E-state index is 9.15. The first kappa shape index (κ1) is 24.0. The Bertz CT molecular complexity index is 159. The van der Waals surface area contributed by atoms with Gasteiger partial charge in [0.05, 0.1) is 24.6 Å². The molecule has 0 aliphatic heterocycles. The third-order valence-corrected chi connectivity index (χ3v) is 9.00. The van der Waals surface area contributed by atoms with Gasteiger partial charge in [0.15, 0.2) is 0 Å². The fourth-order valence-electron chi connectivity index (χ4n) is 2.64. The first-order chi connectivity index (χ1) is 9.97. The molecule has 1 unspecified atom stereocenters. The average Bonchev–Trinajstić information content (AvgIpc) is 2.45. The van der Waals surface area contributed by atoms with E-state index >= 15 is 0 Å². The zero-order valence-electron chi connectivity index (χ0n) is 15.2. The topological polar surface area (TPSA) is 43.3 Å². The van der Waals surface area contributed by atoms with E-state index in [1.165, 1.54) is 58.0 Å². The van der Waals surface area contributed by atoms with Crippen LogP contribution in [0.3, 0.4) is 0 Å². The molecule has 0 bridgehead atoms. The third kappa shape index (κ3) is 17.0. The minimum Gasteiger partial charge on any atom is -0.808 e. The van der Waals surface area contributed by atoms with Crippen LogP contribution in [0.15, 0.2) is 0 Å². The molecule has 0 spiro atoms. The van der Waals surface area contributed by atoms with Crippen LogP contribution in [0, 0.1) is 0 Å². The highest BCUT2D eigenvalue weighted by Crippen LogP contribution is 2.61. The number of rotatable bonds is 12. The molecule has 0 aliphatic carbocycles. The summed E-state index contributed by atoms with van der Waals surface area (Å²) in [7, 11) is -2.43. The van der Waals surface area contributed by atoms with Crippen molar-refractivity contribution in [2.24, 2.45) is 0 Å². The summed E-state index contributed by atoms with van der Waals surface area (Å²) in [6.07, 6.45) is 17.9. The molecule has 21 heavy (non-hydrogen) atoms. The summed E-state index contributed by atoms with van der Waals surface area (Å²) in [4.78, 5) is 16.7. The van der Waals surface area contributed by atoms with Crippen molar-refractivity contribution >= 4 is 15.6 Å². The lowest BCUT2D eigenvalue weighted by Gasteiger charge is -2.28. The summed E-state index contributed by atoms with van der Waals surface area (Å²) >= 11 is 0. The van der Waals surface area contributed by atoms with Gasteiger partial charge in [0.2, 0.25) is 0 Å². The molecule has 130 valence electrons. The monoisotopic (exact) mass is 338 g/mol. The summed E-state index contributed by atoms with van der Waals surface area (Å²) in [5.41, 5.74) is 0. The lowest BCUT2D eigenvalue weighted by molar-refractivity contribution is -0.173. The molecule has 2 nitrogen and oxygen atoms in total. The first-order valence-corrected chi connectivity index (χ1v) is 13.1. The van der Waals surface area contributed by atoms with Crippen LogP contribution >= 0.6 is 15.6 Å². The van der Waals surface area contributed by atoms with E-state index in [0.717, 1.165) is 0 Å². The number of unbranched alkanes of at least 4 members (excludes halogenated alkanes) is 4. The van der Waals surface area contributed by atoms with Gasteiger partial charge in [-0.3, -0.25) is 0 Å². The normalized spacial score (nSPS) is 12.7. The smallest absolute Gasteiger partial charge is 0.0594 e. The van der Waals surface area contributed by atoms with Crippen LogP contribution in [0.25, 0.3) is 0 Å². The second-order valence-electron chi connectivity index (χ2n) is 6.11. The zero-order chi connectivity index (χ0) is 16.6. The van der Waals surface area contributed by atoms with Gasteiger partial charge in [-0.15, -0.1) is 0 Å². The highest BCUT2D eigenvalue weighted by atomic mass is 31.2. The molecule has 1 atom stereocenters. The van der Waals surface area contributed by atoms with Crippen molar-refractivity contribution in [2.45, 2.75) is 79.1 Å². The summed E-state index contributed by atoms with van der Waals surface area (Å²) < 4.78 is 0. The van der Waals surface area contributed by atoms with Crippen LogP contribution in [-0.4, -0.2) is 36.2 Å². The first-order valence-electron chi connectivity index (χ1n) is 8.92. The quantitative estimate of drug-likeness (QED) is 0.478. The Balaban J connectivity index is 0. The Morgan fingerprint density at radius 3 is 1.05 bits per heavy atom. The Morgan fingerprint density at radius 1 is 0.714 bits per heavy atom. The molecule has 4 heteroatoms. The molecule has 0 saturated heterocycles. The lowest BCUT2D eigenvalue weighted by Crippen LogP contribution is -2.12. The second-order valence-corrected chi connectivity index (χ2v) is 11.5. The van der Waals surface area contributed by atoms with Crippen LogP contribution < -0.4 is 4.89 Å². The van der Waals surface area contributed by atoms with Gasteiger partial charge in [-0.25, -0.2) is 0 Å². The van der Waals surface area contributed by atoms with E-state index < -0.39 is 15.6 Å². The van der Waals surface area contributed by atoms with E-state index in [9.17, 15) is 0 Å². The molecule has 0 aromatic rings. The van der Waals surface area contributed by atoms with Crippen LogP contribution in [-0.2, 0) is 0 Å². The van der Waals surface area contributed by atoms with E-state index in [1.807, 2.05) is 0 Å². The van der Waals surface area contributed by atoms with E-state index in [1.54, 1.807) is 24.6 Å². The van der Waals surface area contributed by atoms with Crippen molar-refractivity contribution in [3.05, 3.63) is 0 Å². The number of hydrogen-bond donors (Lipinski definition) is 1. The minimum atomic E-state index is -1.87. The lowest BCUT2D eigenvalue weighted by atomic mass is 10.4. The van der Waals surface area contributed by atoms with Gasteiger partial charge >= 0.3 is 0 Å². The largest absolute Gasteiger partial charge is 0.808 e. The van der Waals surface area contributed by atoms with Crippen molar-refractivity contribution in [2.75, 3.05) is 31.3 Å². The van der Waals surface area contributed by atoms with Crippen LogP contribution in [0.2, 0.25) is 0 Å². The molecule has 0 fully saturated rings. The molecule has 0 radical (unpaired) electrons. The van der Waals surface area contributed by atoms with Crippen molar-refractivity contribution in [3.8, 4) is 0 Å². The van der Waals surface area contributed by atoms with E-state index in [0.29, 0.717) is 0 Å². The van der Waals surface area contributed by atoms with Gasteiger partial charge in [-0.05, 0) is 32.3 Å². The molecule has 0 aromatic carbocycles. The Labute approximate surface area is 136 Å². The van der Waals surface area contributed by atoms with E-state index in [4.69, 9.17) is 9.79 Å². The van der Waals surface area contributed by atoms with Gasteiger partial charge in [0.25, 0.3) is 0 Å². The highest BCUT2D eigenvalue weighted by Gasteiger charge is 2.34. The molecule has 1 N–H and O–H groups in total. The molecule has 0 aliphatic rings. The fourth-order valence-corrected chi connectivity index (χ4v) is 7.93. The molecule has 0 amide bonds. The SMILES string of the molecule is CCCC[P+](CCCC)(CCCC)CCCC.CP([O-])O. The summed E-state index contributed by atoms with van der Waals surface area (Å²) in [6, 6.07) is 0. The standard InChI is InChI=1S/C16H36P.CH4O2P/c1-5-9-13-17(14-10-6-2,15-11-7-3)16-12-8-4;1-4(2)3/h5-16H2,1-4H3;2H,1H3/q+1;-1. The van der Waals surface area contributed by atoms with Crippen molar-refractivity contribution in [1.82, 2.24) is 0 Å². The minimum absolute atomic E-state index is 0.562. The molecule has 0 aromatic heterocycles. The summed E-state index contributed by atoms with van der Waals surface area (Å²) in [5.74, 6) is 0. The van der Waals surface area contributed by atoms with Crippen LogP contribution in [0.4, 0.5) is 0 Å². The van der Waals surface area contributed by atoms with Crippen molar-refractivity contribution in [1.29, 1.82) is 0 Å². The average molecular weight is 338 g/mol. The zero-order valence-corrected chi connectivity index (χ0v) is 17.0. The van der Waals surface area contributed by atoms with Crippen LogP contribution in [0.1, 0.15) is 79.1 Å². The summed E-state index contributed by atoms with van der Waals surface area (Å²) in [6.45, 7) is 10.7. The van der Waals surface area contributed by atoms with E-state index in [2.05, 4.69) is 27.7 Å². The van der Waals surface area contributed by atoms with Crippen molar-refractivity contribution in [3.63, 3.8) is 0 Å². The molecule has 0 heterocycles. The summed E-state index contributed by atoms with van der Waals surface area (Å²) in [5, 5.41) is 0. The Kier molecular flexibility index (Phi) is 19.6. The maximum Gasteiger partial charge on any atom is 0.0594 e. The van der Waals surface area contributed by atoms with Gasteiger partial charge in [0.1, 0.15) is 0 Å². The molecular weight excluding hydrogens is 298 g/mol. The molecular formula is C17H40O2P2. The molecule has 0 saturated carbocycles. The van der Waals surface area contributed by atoms with E-state index in [-0.39, 0.29) is 0 Å². The number of hydrogen-bond acceptors (Lipinski definition) is 2. The predicted molar refractivity (Wildman–Crippen MR) is 101 cm³/mol. The van der Waals surface area contributed by atoms with Crippen molar-refractivity contribution < 1.29 is 9.79 Å². The Morgan fingerprint density at radius 2 is 0.905 bits per heavy atom. The maximum absolute atomic E-state index is 9.15. The Hall–Kier alpha value is 0.780. The van der Waals surface area contributed by atoms with Gasteiger partial charge in [0, 0.05) is 7.26 Å². The highest BCUT2D eigenvalue weighted by molar-refractivity contribution is 7.75. The molecule has 0 rings (SSSR count). The third-order valence-electron chi connectivity index (χ3n) is 3.94. The predicted octanol–water partition coefficient (Wildman–Crippen LogP) is 5.49.